The molecule has 8 heteroatoms. The molecule has 0 saturated carbocycles. The number of benzene rings is 1. The van der Waals surface area contributed by atoms with Gasteiger partial charge in [-0.25, -0.2) is 9.97 Å². The van der Waals surface area contributed by atoms with Crippen molar-refractivity contribution in [3.63, 3.8) is 0 Å². The molecule has 29 heavy (non-hydrogen) atoms. The van der Waals surface area contributed by atoms with E-state index in [1.165, 1.54) is 11.3 Å². The van der Waals surface area contributed by atoms with E-state index in [0.29, 0.717) is 29.2 Å². The van der Waals surface area contributed by atoms with Crippen LogP contribution >= 0.6 is 11.3 Å². The van der Waals surface area contributed by atoms with Crippen LogP contribution in [0.4, 0.5) is 11.5 Å². The maximum atomic E-state index is 12.3. The third kappa shape index (κ3) is 4.02. The zero-order valence-corrected chi connectivity index (χ0v) is 16.6. The Morgan fingerprint density at radius 2 is 2.03 bits per heavy atom. The molecule has 2 aromatic heterocycles. The number of fused-ring (bicyclic) bond motifs is 1. The van der Waals surface area contributed by atoms with Crippen molar-refractivity contribution in [1.29, 1.82) is 0 Å². The number of thiazole rings is 1. The summed E-state index contributed by atoms with van der Waals surface area (Å²) in [6, 6.07) is 10.9. The van der Waals surface area contributed by atoms with Crippen LogP contribution in [-0.4, -0.2) is 35.4 Å². The lowest BCUT2D eigenvalue weighted by Gasteiger charge is -2.07. The van der Waals surface area contributed by atoms with Gasteiger partial charge in [0.2, 0.25) is 0 Å². The number of aromatic nitrogens is 2. The molecule has 3 aromatic rings. The number of hydrogen-bond acceptors (Lipinski definition) is 6. The number of hydrogen-bond donors (Lipinski definition) is 3. The van der Waals surface area contributed by atoms with Crippen molar-refractivity contribution in [1.82, 2.24) is 20.6 Å². The minimum Gasteiger partial charge on any atom is -0.355 e. The van der Waals surface area contributed by atoms with Gasteiger partial charge in [0, 0.05) is 43.0 Å². The molecular weight excluding hydrogens is 386 g/mol. The fourth-order valence-corrected chi connectivity index (χ4v) is 3.98. The van der Waals surface area contributed by atoms with Gasteiger partial charge in [-0.05, 0) is 36.4 Å². The van der Waals surface area contributed by atoms with Crippen molar-refractivity contribution < 1.29 is 9.59 Å². The fraction of sp³-hybridized carbons (Fsp3) is 0.143. The van der Waals surface area contributed by atoms with Gasteiger partial charge in [0.25, 0.3) is 11.8 Å². The topological polar surface area (TPSA) is 96.0 Å². The van der Waals surface area contributed by atoms with Gasteiger partial charge in [-0.15, -0.1) is 11.3 Å². The molecule has 1 aliphatic rings. The highest BCUT2D eigenvalue weighted by Crippen LogP contribution is 2.31. The lowest BCUT2D eigenvalue weighted by molar-refractivity contribution is 0.0954. The minimum absolute atomic E-state index is 0.106. The van der Waals surface area contributed by atoms with Gasteiger partial charge < -0.3 is 16.0 Å². The average Bonchev–Trinajstić information content (AvgIpc) is 3.10. The Balaban J connectivity index is 1.57. The van der Waals surface area contributed by atoms with Crippen LogP contribution in [0.1, 0.15) is 25.7 Å². The molecule has 3 heterocycles. The summed E-state index contributed by atoms with van der Waals surface area (Å²) in [7, 11) is 1.60. The molecule has 1 aliphatic heterocycles. The molecule has 0 unspecified atom stereocenters. The second-order valence-corrected chi connectivity index (χ2v) is 7.61. The van der Waals surface area contributed by atoms with E-state index in [-0.39, 0.29) is 11.8 Å². The van der Waals surface area contributed by atoms with Gasteiger partial charge in [-0.1, -0.05) is 12.2 Å². The number of pyridine rings is 1. The molecule has 3 N–H and O–H groups in total. The molecule has 7 nitrogen and oxygen atoms in total. The lowest BCUT2D eigenvalue weighted by Crippen LogP contribution is -2.22. The molecule has 0 saturated heterocycles. The van der Waals surface area contributed by atoms with E-state index in [1.54, 1.807) is 25.4 Å². The van der Waals surface area contributed by atoms with E-state index in [1.807, 2.05) is 24.3 Å². The first kappa shape index (κ1) is 18.8. The van der Waals surface area contributed by atoms with Gasteiger partial charge in [-0.2, -0.15) is 0 Å². The normalized spacial score (nSPS) is 13.3. The average molecular weight is 405 g/mol. The van der Waals surface area contributed by atoms with Crippen molar-refractivity contribution in [2.45, 2.75) is 6.42 Å². The number of carbonyl (C=O) groups is 2. The highest BCUT2D eigenvalue weighted by molar-refractivity contribution is 7.17. The Morgan fingerprint density at radius 3 is 2.79 bits per heavy atom. The fourth-order valence-electron chi connectivity index (χ4n) is 2.99. The van der Waals surface area contributed by atoms with Crippen molar-refractivity contribution in [2.75, 3.05) is 18.9 Å². The summed E-state index contributed by atoms with van der Waals surface area (Å²) in [5.41, 5.74) is 3.98. The first-order chi connectivity index (χ1) is 14.0. The number of carbonyl (C=O) groups excluding carboxylic acids is 2. The predicted molar refractivity (Wildman–Crippen MR) is 114 cm³/mol. The third-order valence-corrected chi connectivity index (χ3v) is 5.62. The number of rotatable bonds is 4. The zero-order valence-electron chi connectivity index (χ0n) is 15.8. The maximum absolute atomic E-state index is 12.3. The number of anilines is 2. The molecule has 0 fully saturated rings. The SMILES string of the molecule is C=C1CNC(=O)c2sc(-c3ccnc(Nc4ccc(C(=O)NC)cc4)c3)nc2C1. The summed E-state index contributed by atoms with van der Waals surface area (Å²) in [6.45, 7) is 4.46. The summed E-state index contributed by atoms with van der Waals surface area (Å²) >= 11 is 1.37. The van der Waals surface area contributed by atoms with Gasteiger partial charge in [0.15, 0.2) is 0 Å². The van der Waals surface area contributed by atoms with Crippen molar-refractivity contribution in [2.24, 2.45) is 0 Å². The van der Waals surface area contributed by atoms with Crippen LogP contribution in [0.25, 0.3) is 10.6 Å². The second-order valence-electron chi connectivity index (χ2n) is 6.62. The Labute approximate surface area is 171 Å². The van der Waals surface area contributed by atoms with Crippen LogP contribution in [0.3, 0.4) is 0 Å². The highest BCUT2D eigenvalue weighted by Gasteiger charge is 2.22. The van der Waals surface area contributed by atoms with E-state index >= 15 is 0 Å². The van der Waals surface area contributed by atoms with E-state index < -0.39 is 0 Å². The van der Waals surface area contributed by atoms with Crippen LogP contribution in [0.5, 0.6) is 0 Å². The molecule has 0 atom stereocenters. The molecule has 146 valence electrons. The van der Waals surface area contributed by atoms with E-state index in [4.69, 9.17) is 0 Å². The molecular formula is C21H19N5O2S. The smallest absolute Gasteiger partial charge is 0.263 e. The van der Waals surface area contributed by atoms with Gasteiger partial charge in [-0.3, -0.25) is 9.59 Å². The van der Waals surface area contributed by atoms with Crippen LogP contribution in [0.15, 0.2) is 54.7 Å². The Hall–Kier alpha value is -3.52. The standard InChI is InChI=1S/C21H19N5O2S/c1-12-9-16-18(20(28)24-11-12)29-21(26-16)14-7-8-23-17(10-14)25-15-5-3-13(4-6-15)19(27)22-2/h3-8,10H,1,9,11H2,2H3,(H,22,27)(H,23,25)(H,24,28). The molecule has 0 spiro atoms. The van der Waals surface area contributed by atoms with Gasteiger partial charge >= 0.3 is 0 Å². The first-order valence-corrected chi connectivity index (χ1v) is 9.85. The summed E-state index contributed by atoms with van der Waals surface area (Å²) in [5.74, 6) is 0.410. The van der Waals surface area contributed by atoms with Crippen molar-refractivity contribution in [3.05, 3.63) is 70.9 Å². The second kappa shape index (κ2) is 7.84. The third-order valence-electron chi connectivity index (χ3n) is 4.47. The van der Waals surface area contributed by atoms with E-state index in [0.717, 1.165) is 27.5 Å². The lowest BCUT2D eigenvalue weighted by atomic mass is 10.1. The molecule has 0 radical (unpaired) electrons. The monoisotopic (exact) mass is 405 g/mol. The van der Waals surface area contributed by atoms with Gasteiger partial charge in [0.05, 0.1) is 5.69 Å². The number of nitrogens with one attached hydrogen (secondary N) is 3. The van der Waals surface area contributed by atoms with E-state index in [9.17, 15) is 9.59 Å². The number of nitrogens with zero attached hydrogens (tertiary/aromatic N) is 2. The van der Waals surface area contributed by atoms with E-state index in [2.05, 4.69) is 32.5 Å². The first-order valence-electron chi connectivity index (χ1n) is 9.03. The van der Waals surface area contributed by atoms with Crippen LogP contribution in [0.2, 0.25) is 0 Å². The summed E-state index contributed by atoms with van der Waals surface area (Å²) in [5, 5.41) is 9.44. The van der Waals surface area contributed by atoms with Crippen LogP contribution in [0, 0.1) is 0 Å². The number of amides is 2. The van der Waals surface area contributed by atoms with Crippen molar-refractivity contribution in [3.8, 4) is 10.6 Å². The minimum atomic E-state index is -0.132. The zero-order chi connectivity index (χ0) is 20.4. The Kier molecular flexibility index (Phi) is 5.09. The summed E-state index contributed by atoms with van der Waals surface area (Å²) < 4.78 is 0. The summed E-state index contributed by atoms with van der Waals surface area (Å²) in [6.07, 6.45) is 2.29. The predicted octanol–water partition coefficient (Wildman–Crippen LogP) is 3.15. The highest BCUT2D eigenvalue weighted by atomic mass is 32.1. The molecule has 4 rings (SSSR count). The molecule has 2 amide bonds. The van der Waals surface area contributed by atoms with Crippen LogP contribution in [-0.2, 0) is 6.42 Å². The van der Waals surface area contributed by atoms with Crippen LogP contribution < -0.4 is 16.0 Å². The van der Waals surface area contributed by atoms with Crippen molar-refractivity contribution >= 4 is 34.7 Å². The largest absolute Gasteiger partial charge is 0.355 e. The Morgan fingerprint density at radius 1 is 1.24 bits per heavy atom. The quantitative estimate of drug-likeness (QED) is 0.580. The Bertz CT molecular complexity index is 1100. The maximum Gasteiger partial charge on any atom is 0.263 e. The van der Waals surface area contributed by atoms with Gasteiger partial charge in [0.1, 0.15) is 15.7 Å². The molecule has 0 aliphatic carbocycles. The molecule has 0 bridgehead atoms. The molecule has 1 aromatic carbocycles. The summed E-state index contributed by atoms with van der Waals surface area (Å²) in [4.78, 5) is 33.6.